The van der Waals surface area contributed by atoms with Crippen molar-refractivity contribution in [2.24, 2.45) is 17.6 Å². The van der Waals surface area contributed by atoms with E-state index in [1.54, 1.807) is 0 Å². The van der Waals surface area contributed by atoms with Crippen molar-refractivity contribution in [1.82, 2.24) is 10.6 Å². The van der Waals surface area contributed by atoms with Crippen LogP contribution >= 0.6 is 0 Å². The monoisotopic (exact) mass is 171 g/mol. The quantitative estimate of drug-likeness (QED) is 0.548. The molecule has 0 aromatic rings. The minimum absolute atomic E-state index is 0.678. The average molecular weight is 171 g/mol. The molecule has 0 aromatic carbocycles. The highest BCUT2D eigenvalue weighted by Crippen LogP contribution is 2.20. The molecule has 0 aliphatic carbocycles. The second kappa shape index (κ2) is 5.51. The van der Waals surface area contributed by atoms with Crippen LogP contribution in [-0.4, -0.2) is 33.2 Å². The summed E-state index contributed by atoms with van der Waals surface area (Å²) in [4.78, 5) is 0. The first-order valence-corrected chi connectivity index (χ1v) is 4.94. The van der Waals surface area contributed by atoms with E-state index in [4.69, 9.17) is 5.73 Å². The molecule has 1 aliphatic rings. The lowest BCUT2D eigenvalue weighted by molar-refractivity contribution is 0.260. The molecule has 3 nitrogen and oxygen atoms in total. The van der Waals surface area contributed by atoms with Gasteiger partial charge in [0.1, 0.15) is 0 Å². The summed E-state index contributed by atoms with van der Waals surface area (Å²) in [5.74, 6) is 1.51. The maximum atomic E-state index is 5.73. The molecule has 12 heavy (non-hydrogen) atoms. The van der Waals surface area contributed by atoms with Gasteiger partial charge in [-0.25, -0.2) is 0 Å². The largest absolute Gasteiger partial charge is 0.330 e. The van der Waals surface area contributed by atoms with E-state index >= 15 is 0 Å². The minimum Gasteiger partial charge on any atom is -0.330 e. The summed E-state index contributed by atoms with van der Waals surface area (Å²) in [6, 6.07) is 0. The normalized spacial score (nSPS) is 22.5. The fourth-order valence-electron chi connectivity index (χ4n) is 2.02. The third-order valence-electron chi connectivity index (χ3n) is 2.82. The standard InChI is InChI=1S/C9H21N3/c1-11-7-9(6-10)8-2-4-12-5-3-8/h8-9,11-12H,2-7,10H2,1H3. The molecule has 1 atom stereocenters. The maximum absolute atomic E-state index is 5.73. The summed E-state index contributed by atoms with van der Waals surface area (Å²) in [5, 5.41) is 6.59. The molecule has 1 saturated heterocycles. The zero-order chi connectivity index (χ0) is 8.81. The SMILES string of the molecule is CNCC(CN)C1CCNCC1. The highest BCUT2D eigenvalue weighted by molar-refractivity contribution is 4.77. The Balaban J connectivity index is 2.29. The first kappa shape index (κ1) is 9.96. The minimum atomic E-state index is 0.678. The predicted octanol–water partition coefficient (Wildman–Crippen LogP) is -0.220. The molecule has 0 radical (unpaired) electrons. The van der Waals surface area contributed by atoms with Gasteiger partial charge in [0.05, 0.1) is 0 Å². The molecule has 0 saturated carbocycles. The first-order valence-electron chi connectivity index (χ1n) is 4.94. The van der Waals surface area contributed by atoms with Crippen molar-refractivity contribution in [3.05, 3.63) is 0 Å². The predicted molar refractivity (Wildman–Crippen MR) is 52.1 cm³/mol. The van der Waals surface area contributed by atoms with E-state index in [-0.39, 0.29) is 0 Å². The molecule has 0 bridgehead atoms. The van der Waals surface area contributed by atoms with Gasteiger partial charge in [-0.3, -0.25) is 0 Å². The van der Waals surface area contributed by atoms with E-state index in [2.05, 4.69) is 10.6 Å². The van der Waals surface area contributed by atoms with E-state index in [0.717, 1.165) is 19.0 Å². The molecule has 4 N–H and O–H groups in total. The van der Waals surface area contributed by atoms with E-state index < -0.39 is 0 Å². The third kappa shape index (κ3) is 2.73. The fraction of sp³-hybridized carbons (Fsp3) is 1.00. The smallest absolute Gasteiger partial charge is 0.000879 e. The van der Waals surface area contributed by atoms with Crippen LogP contribution in [0.3, 0.4) is 0 Å². The number of hydrogen-bond acceptors (Lipinski definition) is 3. The summed E-state index contributed by atoms with van der Waals surface area (Å²) >= 11 is 0. The molecule has 1 fully saturated rings. The third-order valence-corrected chi connectivity index (χ3v) is 2.82. The van der Waals surface area contributed by atoms with Gasteiger partial charge in [-0.05, 0) is 57.9 Å². The number of hydrogen-bond donors (Lipinski definition) is 3. The Morgan fingerprint density at radius 1 is 1.50 bits per heavy atom. The number of nitrogens with two attached hydrogens (primary N) is 1. The van der Waals surface area contributed by atoms with Crippen molar-refractivity contribution in [2.45, 2.75) is 12.8 Å². The molecule has 0 spiro atoms. The zero-order valence-electron chi connectivity index (χ0n) is 7.97. The van der Waals surface area contributed by atoms with E-state index in [1.165, 1.54) is 25.9 Å². The first-order chi connectivity index (χ1) is 5.88. The van der Waals surface area contributed by atoms with Crippen molar-refractivity contribution < 1.29 is 0 Å². The van der Waals surface area contributed by atoms with Crippen LogP contribution < -0.4 is 16.4 Å². The second-order valence-corrected chi connectivity index (χ2v) is 3.64. The Kier molecular flexibility index (Phi) is 4.58. The lowest BCUT2D eigenvalue weighted by atomic mass is 9.85. The van der Waals surface area contributed by atoms with Crippen molar-refractivity contribution in [3.8, 4) is 0 Å². The highest BCUT2D eigenvalue weighted by atomic mass is 14.9. The van der Waals surface area contributed by atoms with Crippen molar-refractivity contribution >= 4 is 0 Å². The number of piperidine rings is 1. The molecule has 1 unspecified atom stereocenters. The van der Waals surface area contributed by atoms with Gasteiger partial charge in [0.15, 0.2) is 0 Å². The van der Waals surface area contributed by atoms with Crippen LogP contribution in [0.15, 0.2) is 0 Å². The zero-order valence-corrected chi connectivity index (χ0v) is 7.97. The van der Waals surface area contributed by atoms with Gasteiger partial charge in [0, 0.05) is 0 Å². The molecule has 1 rings (SSSR count). The summed E-state index contributed by atoms with van der Waals surface area (Å²) < 4.78 is 0. The lowest BCUT2D eigenvalue weighted by Gasteiger charge is -2.29. The molecule has 1 aliphatic heterocycles. The number of rotatable bonds is 4. The lowest BCUT2D eigenvalue weighted by Crippen LogP contribution is -2.38. The van der Waals surface area contributed by atoms with Crippen LogP contribution in [0, 0.1) is 11.8 Å². The van der Waals surface area contributed by atoms with Crippen LogP contribution in [0.1, 0.15) is 12.8 Å². The molecular formula is C9H21N3. The van der Waals surface area contributed by atoms with Gasteiger partial charge in [0.25, 0.3) is 0 Å². The maximum Gasteiger partial charge on any atom is -0.000879 e. The van der Waals surface area contributed by atoms with Gasteiger partial charge in [0.2, 0.25) is 0 Å². The van der Waals surface area contributed by atoms with Gasteiger partial charge in [-0.2, -0.15) is 0 Å². The Morgan fingerprint density at radius 3 is 2.67 bits per heavy atom. The Labute approximate surface area is 75.1 Å². The van der Waals surface area contributed by atoms with Crippen LogP contribution in [0.4, 0.5) is 0 Å². The Bertz CT molecular complexity index is 108. The summed E-state index contributed by atoms with van der Waals surface area (Å²) in [7, 11) is 2.00. The van der Waals surface area contributed by atoms with Crippen molar-refractivity contribution in [1.29, 1.82) is 0 Å². The van der Waals surface area contributed by atoms with Crippen LogP contribution in [-0.2, 0) is 0 Å². The summed E-state index contributed by atoms with van der Waals surface area (Å²) in [5.41, 5.74) is 5.73. The van der Waals surface area contributed by atoms with Gasteiger partial charge >= 0.3 is 0 Å². The average Bonchev–Trinajstić information content (AvgIpc) is 2.15. The van der Waals surface area contributed by atoms with Gasteiger partial charge < -0.3 is 16.4 Å². The molecular weight excluding hydrogens is 150 g/mol. The van der Waals surface area contributed by atoms with E-state index in [1.807, 2.05) is 7.05 Å². The highest BCUT2D eigenvalue weighted by Gasteiger charge is 2.21. The second-order valence-electron chi connectivity index (χ2n) is 3.64. The fourth-order valence-corrected chi connectivity index (χ4v) is 2.02. The van der Waals surface area contributed by atoms with Crippen LogP contribution in [0.2, 0.25) is 0 Å². The molecule has 0 aromatic heterocycles. The van der Waals surface area contributed by atoms with E-state index in [0.29, 0.717) is 5.92 Å². The topological polar surface area (TPSA) is 50.1 Å². The molecule has 72 valence electrons. The van der Waals surface area contributed by atoms with E-state index in [9.17, 15) is 0 Å². The van der Waals surface area contributed by atoms with Crippen LogP contribution in [0.25, 0.3) is 0 Å². The summed E-state index contributed by atoms with van der Waals surface area (Å²) in [6.45, 7) is 4.24. The molecule has 3 heteroatoms. The Hall–Kier alpha value is -0.120. The van der Waals surface area contributed by atoms with Crippen molar-refractivity contribution in [2.75, 3.05) is 33.2 Å². The Morgan fingerprint density at radius 2 is 2.17 bits per heavy atom. The van der Waals surface area contributed by atoms with Gasteiger partial charge in [-0.15, -0.1) is 0 Å². The molecule has 1 heterocycles. The van der Waals surface area contributed by atoms with Crippen LogP contribution in [0.5, 0.6) is 0 Å². The summed E-state index contributed by atoms with van der Waals surface area (Å²) in [6.07, 6.45) is 2.59. The van der Waals surface area contributed by atoms with Crippen molar-refractivity contribution in [3.63, 3.8) is 0 Å². The van der Waals surface area contributed by atoms with Gasteiger partial charge in [-0.1, -0.05) is 0 Å². The molecule has 0 amide bonds. The number of nitrogens with one attached hydrogen (secondary N) is 2.